The summed E-state index contributed by atoms with van der Waals surface area (Å²) in [4.78, 5) is 23.4. The second-order valence-corrected chi connectivity index (χ2v) is 4.66. The smallest absolute Gasteiger partial charge is 0.317 e. The molecule has 5 heteroatoms. The summed E-state index contributed by atoms with van der Waals surface area (Å²) < 4.78 is 0. The lowest BCUT2D eigenvalue weighted by Crippen LogP contribution is -2.43. The number of hydrogen-bond donors (Lipinski definition) is 2. The number of aliphatic carboxylic acids is 1. The summed E-state index contributed by atoms with van der Waals surface area (Å²) in [6.07, 6.45) is 3.82. The Hall–Kier alpha value is -1.26. The van der Waals surface area contributed by atoms with Crippen LogP contribution in [0.5, 0.6) is 0 Å². The second-order valence-electron chi connectivity index (χ2n) is 4.66. The number of nitrogens with zero attached hydrogens (tertiary/aromatic N) is 1. The summed E-state index contributed by atoms with van der Waals surface area (Å²) >= 11 is 0. The van der Waals surface area contributed by atoms with Crippen molar-refractivity contribution in [1.82, 2.24) is 10.2 Å². The zero-order valence-corrected chi connectivity index (χ0v) is 9.90. The molecule has 0 atom stereocenters. The number of carboxylic acids is 1. The van der Waals surface area contributed by atoms with Crippen molar-refractivity contribution < 1.29 is 14.7 Å². The molecule has 1 aliphatic carbocycles. The fourth-order valence-corrected chi connectivity index (χ4v) is 2.06. The second kappa shape index (κ2) is 5.72. The van der Waals surface area contributed by atoms with Crippen LogP contribution < -0.4 is 5.32 Å². The first-order chi connectivity index (χ1) is 7.49. The Bertz CT molecular complexity index is 258. The van der Waals surface area contributed by atoms with Crippen LogP contribution in [-0.2, 0) is 4.79 Å². The van der Waals surface area contributed by atoms with E-state index < -0.39 is 5.97 Å². The van der Waals surface area contributed by atoms with E-state index >= 15 is 0 Å². The maximum absolute atomic E-state index is 11.4. The first-order valence-corrected chi connectivity index (χ1v) is 5.68. The minimum absolute atomic E-state index is 0.0679. The largest absolute Gasteiger partial charge is 0.481 e. The molecular formula is C11H20N2O3. The summed E-state index contributed by atoms with van der Waals surface area (Å²) in [6, 6.07) is 0.140. The van der Waals surface area contributed by atoms with Gasteiger partial charge in [0.25, 0.3) is 0 Å². The molecule has 2 amide bonds. The van der Waals surface area contributed by atoms with E-state index in [2.05, 4.69) is 5.32 Å². The molecule has 0 aromatic heterocycles. The maximum atomic E-state index is 11.4. The van der Waals surface area contributed by atoms with Gasteiger partial charge in [-0.2, -0.15) is 0 Å². The van der Waals surface area contributed by atoms with Crippen LogP contribution in [-0.4, -0.2) is 42.1 Å². The van der Waals surface area contributed by atoms with E-state index in [0.29, 0.717) is 0 Å². The van der Waals surface area contributed by atoms with Crippen molar-refractivity contribution in [3.8, 4) is 0 Å². The number of amides is 2. The molecule has 16 heavy (non-hydrogen) atoms. The van der Waals surface area contributed by atoms with Gasteiger partial charge in [-0.1, -0.05) is 0 Å². The molecule has 1 fully saturated rings. The van der Waals surface area contributed by atoms with Crippen LogP contribution in [0.4, 0.5) is 4.79 Å². The molecule has 0 bridgehead atoms. The van der Waals surface area contributed by atoms with Crippen LogP contribution in [0.25, 0.3) is 0 Å². The molecule has 0 radical (unpaired) electrons. The molecule has 0 aliphatic heterocycles. The SMILES string of the molecule is CN(C)C(=O)NC1CCC(CC(=O)O)CC1. The van der Waals surface area contributed by atoms with Crippen LogP contribution in [0.15, 0.2) is 0 Å². The number of rotatable bonds is 3. The Morgan fingerprint density at radius 2 is 1.81 bits per heavy atom. The van der Waals surface area contributed by atoms with E-state index in [1.54, 1.807) is 14.1 Å². The topological polar surface area (TPSA) is 69.6 Å². The van der Waals surface area contributed by atoms with Crippen LogP contribution in [0.1, 0.15) is 32.1 Å². The van der Waals surface area contributed by atoms with E-state index in [1.807, 2.05) is 0 Å². The van der Waals surface area contributed by atoms with Gasteiger partial charge in [0.1, 0.15) is 0 Å². The Labute approximate surface area is 95.8 Å². The van der Waals surface area contributed by atoms with Crippen molar-refractivity contribution in [2.75, 3.05) is 14.1 Å². The quantitative estimate of drug-likeness (QED) is 0.764. The van der Waals surface area contributed by atoms with Gasteiger partial charge in [0, 0.05) is 26.6 Å². The Balaban J connectivity index is 2.27. The molecule has 0 saturated heterocycles. The summed E-state index contributed by atoms with van der Waals surface area (Å²) in [5.41, 5.74) is 0. The van der Waals surface area contributed by atoms with Crippen molar-refractivity contribution in [3.63, 3.8) is 0 Å². The molecule has 1 aliphatic rings. The number of nitrogens with one attached hydrogen (secondary N) is 1. The highest BCUT2D eigenvalue weighted by Crippen LogP contribution is 2.26. The first kappa shape index (κ1) is 12.8. The van der Waals surface area contributed by atoms with Crippen molar-refractivity contribution in [3.05, 3.63) is 0 Å². The summed E-state index contributed by atoms with van der Waals surface area (Å²) in [7, 11) is 3.43. The highest BCUT2D eigenvalue weighted by atomic mass is 16.4. The van der Waals surface area contributed by atoms with Crippen LogP contribution in [0.2, 0.25) is 0 Å². The Morgan fingerprint density at radius 3 is 2.25 bits per heavy atom. The molecule has 92 valence electrons. The van der Waals surface area contributed by atoms with Crippen molar-refractivity contribution in [1.29, 1.82) is 0 Å². The molecule has 1 rings (SSSR count). The Morgan fingerprint density at radius 1 is 1.25 bits per heavy atom. The van der Waals surface area contributed by atoms with Gasteiger partial charge in [-0.15, -0.1) is 0 Å². The summed E-state index contributed by atoms with van der Waals surface area (Å²) in [6.45, 7) is 0. The lowest BCUT2D eigenvalue weighted by molar-refractivity contribution is -0.138. The fraction of sp³-hybridized carbons (Fsp3) is 0.818. The van der Waals surface area contributed by atoms with Crippen molar-refractivity contribution >= 4 is 12.0 Å². The van der Waals surface area contributed by atoms with Crippen molar-refractivity contribution in [2.24, 2.45) is 5.92 Å². The summed E-state index contributed by atoms with van der Waals surface area (Å²) in [5.74, 6) is -0.439. The average Bonchev–Trinajstić information content (AvgIpc) is 2.20. The molecule has 0 spiro atoms. The van der Waals surface area contributed by atoms with Gasteiger partial charge in [-0.3, -0.25) is 4.79 Å². The van der Waals surface area contributed by atoms with Gasteiger partial charge < -0.3 is 15.3 Å². The van der Waals surface area contributed by atoms with Gasteiger partial charge in [0.15, 0.2) is 0 Å². The molecule has 0 aromatic rings. The third kappa shape index (κ3) is 4.08. The van der Waals surface area contributed by atoms with E-state index in [1.165, 1.54) is 4.90 Å². The number of carbonyl (C=O) groups excluding carboxylic acids is 1. The first-order valence-electron chi connectivity index (χ1n) is 5.68. The zero-order valence-electron chi connectivity index (χ0n) is 9.90. The third-order valence-electron chi connectivity index (χ3n) is 3.04. The maximum Gasteiger partial charge on any atom is 0.317 e. The lowest BCUT2D eigenvalue weighted by Gasteiger charge is -2.29. The van der Waals surface area contributed by atoms with E-state index in [4.69, 9.17) is 5.11 Å². The Kier molecular flexibility index (Phi) is 4.58. The predicted molar refractivity (Wildman–Crippen MR) is 60.2 cm³/mol. The highest BCUT2D eigenvalue weighted by molar-refractivity contribution is 5.73. The van der Waals surface area contributed by atoms with E-state index in [-0.39, 0.29) is 24.4 Å². The van der Waals surface area contributed by atoms with E-state index in [9.17, 15) is 9.59 Å². The molecule has 2 N–H and O–H groups in total. The fourth-order valence-electron chi connectivity index (χ4n) is 2.06. The minimum Gasteiger partial charge on any atom is -0.481 e. The van der Waals surface area contributed by atoms with E-state index in [0.717, 1.165) is 25.7 Å². The molecule has 5 nitrogen and oxygen atoms in total. The van der Waals surface area contributed by atoms with Crippen LogP contribution in [0, 0.1) is 5.92 Å². The van der Waals surface area contributed by atoms with Gasteiger partial charge in [-0.25, -0.2) is 4.79 Å². The molecule has 0 heterocycles. The highest BCUT2D eigenvalue weighted by Gasteiger charge is 2.24. The predicted octanol–water partition coefficient (Wildman–Crippen LogP) is 1.29. The monoisotopic (exact) mass is 228 g/mol. The number of urea groups is 1. The molecule has 0 unspecified atom stereocenters. The average molecular weight is 228 g/mol. The zero-order chi connectivity index (χ0) is 12.1. The molecule has 0 aromatic carbocycles. The van der Waals surface area contributed by atoms with Gasteiger partial charge >= 0.3 is 12.0 Å². The number of carbonyl (C=O) groups is 2. The third-order valence-corrected chi connectivity index (χ3v) is 3.04. The van der Waals surface area contributed by atoms with Crippen LogP contribution in [0.3, 0.4) is 0 Å². The summed E-state index contributed by atoms with van der Waals surface area (Å²) in [5, 5.41) is 11.6. The standard InChI is InChI=1S/C11H20N2O3/c1-13(2)11(16)12-9-5-3-8(4-6-9)7-10(14)15/h8-9H,3-7H2,1-2H3,(H,12,16)(H,14,15). The van der Waals surface area contributed by atoms with Crippen LogP contribution >= 0.6 is 0 Å². The van der Waals surface area contributed by atoms with Gasteiger partial charge in [-0.05, 0) is 31.6 Å². The van der Waals surface area contributed by atoms with Crippen molar-refractivity contribution in [2.45, 2.75) is 38.1 Å². The normalized spacial score (nSPS) is 24.9. The minimum atomic E-state index is -0.722. The molecule has 1 saturated carbocycles. The molecular weight excluding hydrogens is 208 g/mol. The van der Waals surface area contributed by atoms with Gasteiger partial charge in [0.2, 0.25) is 0 Å². The number of carboxylic acid groups (broad SMARTS) is 1. The number of hydrogen-bond acceptors (Lipinski definition) is 2. The lowest BCUT2D eigenvalue weighted by atomic mass is 9.84. The van der Waals surface area contributed by atoms with Gasteiger partial charge in [0.05, 0.1) is 0 Å².